The molecular weight excluding hydrogens is 436 g/mol. The first kappa shape index (κ1) is 26.7. The van der Waals surface area contributed by atoms with Crippen molar-refractivity contribution in [1.82, 2.24) is 0 Å². The van der Waals surface area contributed by atoms with Gasteiger partial charge in [-0.2, -0.15) is 0 Å². The number of hydrogen-bond acceptors (Lipinski definition) is 1. The van der Waals surface area contributed by atoms with E-state index in [1.165, 1.54) is 27.8 Å². The summed E-state index contributed by atoms with van der Waals surface area (Å²) >= 11 is 0. The summed E-state index contributed by atoms with van der Waals surface area (Å²) in [6.45, 7) is 3.44. The first-order valence-corrected chi connectivity index (χ1v) is 12.5. The fraction of sp³-hybridized carbons (Fsp3) is 0.143. The first-order valence-electron chi connectivity index (χ1n) is 12.5. The second-order valence-electron chi connectivity index (χ2n) is 8.59. The molecule has 0 aliphatic heterocycles. The summed E-state index contributed by atoms with van der Waals surface area (Å²) in [5.74, 6) is 0. The summed E-state index contributed by atoms with van der Waals surface area (Å²) in [5.41, 5.74) is 6.58. The highest BCUT2D eigenvalue weighted by Gasteiger charge is 1.94. The Labute approximate surface area is 217 Å². The molecule has 5 rings (SSSR count). The van der Waals surface area contributed by atoms with Crippen LogP contribution in [0.4, 0.5) is 0 Å². The number of aryl methyl sites for hydroxylation is 3. The van der Waals surface area contributed by atoms with E-state index in [0.29, 0.717) is 13.2 Å². The molecule has 0 spiro atoms. The van der Waals surface area contributed by atoms with Gasteiger partial charge in [-0.05, 0) is 42.0 Å². The van der Waals surface area contributed by atoms with Crippen LogP contribution in [0.15, 0.2) is 152 Å². The highest BCUT2D eigenvalue weighted by atomic mass is 16.5. The highest BCUT2D eigenvalue weighted by molar-refractivity contribution is 5.20. The van der Waals surface area contributed by atoms with Gasteiger partial charge in [0.2, 0.25) is 0 Å². The average molecular weight is 473 g/mol. The lowest BCUT2D eigenvalue weighted by Crippen LogP contribution is -1.93. The maximum atomic E-state index is 5.61. The summed E-state index contributed by atoms with van der Waals surface area (Å²) in [6, 6.07) is 52.0. The molecule has 1 nitrogen and oxygen atoms in total. The zero-order valence-corrected chi connectivity index (χ0v) is 21.2. The Kier molecular flexibility index (Phi) is 12.3. The topological polar surface area (TPSA) is 9.23 Å². The molecule has 0 saturated heterocycles. The third kappa shape index (κ3) is 11.5. The average Bonchev–Trinajstić information content (AvgIpc) is 2.95. The van der Waals surface area contributed by atoms with Crippen LogP contribution in [-0.2, 0) is 30.8 Å². The third-order valence-corrected chi connectivity index (χ3v) is 5.55. The Hall–Kier alpha value is -3.94. The zero-order chi connectivity index (χ0) is 25.1. The van der Waals surface area contributed by atoms with Gasteiger partial charge in [-0.15, -0.1) is 0 Å². The van der Waals surface area contributed by atoms with Crippen LogP contribution in [0.5, 0.6) is 0 Å². The Morgan fingerprint density at radius 3 is 0.917 bits per heavy atom. The van der Waals surface area contributed by atoms with Crippen LogP contribution < -0.4 is 0 Å². The monoisotopic (exact) mass is 472 g/mol. The van der Waals surface area contributed by atoms with Crippen LogP contribution in [0.2, 0.25) is 0 Å². The number of rotatable bonds is 7. The highest BCUT2D eigenvalue weighted by Crippen LogP contribution is 2.07. The largest absolute Gasteiger partial charge is 0.372 e. The number of ether oxygens (including phenoxy) is 1. The van der Waals surface area contributed by atoms with Crippen molar-refractivity contribution in [2.75, 3.05) is 0 Å². The molecule has 0 atom stereocenters. The van der Waals surface area contributed by atoms with E-state index in [4.69, 9.17) is 4.74 Å². The van der Waals surface area contributed by atoms with E-state index in [1.54, 1.807) is 0 Å². The summed E-state index contributed by atoms with van der Waals surface area (Å²) in [6.07, 6.45) is 2.26. The molecule has 182 valence electrons. The minimum absolute atomic E-state index is 0.676. The summed E-state index contributed by atoms with van der Waals surface area (Å²) < 4.78 is 5.61. The predicted molar refractivity (Wildman–Crippen MR) is 153 cm³/mol. The van der Waals surface area contributed by atoms with Gasteiger partial charge < -0.3 is 4.74 Å². The summed E-state index contributed by atoms with van der Waals surface area (Å²) in [4.78, 5) is 0. The first-order chi connectivity index (χ1) is 17.8. The molecule has 5 aromatic rings. The SMILES string of the molecule is Cc1ccccc1.c1ccc(CCc2ccccc2)cc1.c1ccc(COCc2ccccc2)cc1. The van der Waals surface area contributed by atoms with Gasteiger partial charge in [0.15, 0.2) is 0 Å². The van der Waals surface area contributed by atoms with Gasteiger partial charge in [0.05, 0.1) is 13.2 Å². The Bertz CT molecular complexity index is 1090. The fourth-order valence-corrected chi connectivity index (χ4v) is 3.55. The van der Waals surface area contributed by atoms with E-state index >= 15 is 0 Å². The van der Waals surface area contributed by atoms with Gasteiger partial charge in [-0.1, -0.05) is 157 Å². The molecule has 0 aromatic heterocycles. The van der Waals surface area contributed by atoms with E-state index in [-0.39, 0.29) is 0 Å². The van der Waals surface area contributed by atoms with E-state index < -0.39 is 0 Å². The molecule has 0 heterocycles. The molecule has 0 unspecified atom stereocenters. The molecule has 5 aromatic carbocycles. The van der Waals surface area contributed by atoms with Crippen molar-refractivity contribution in [3.63, 3.8) is 0 Å². The lowest BCUT2D eigenvalue weighted by molar-refractivity contribution is 0.107. The lowest BCUT2D eigenvalue weighted by atomic mass is 10.0. The van der Waals surface area contributed by atoms with Gasteiger partial charge in [0, 0.05) is 0 Å². The van der Waals surface area contributed by atoms with Crippen LogP contribution in [0.25, 0.3) is 0 Å². The van der Waals surface area contributed by atoms with Crippen molar-refractivity contribution in [2.45, 2.75) is 33.0 Å². The Morgan fingerprint density at radius 1 is 0.361 bits per heavy atom. The Balaban J connectivity index is 0.000000160. The van der Waals surface area contributed by atoms with E-state index in [2.05, 4.69) is 104 Å². The van der Waals surface area contributed by atoms with Crippen molar-refractivity contribution < 1.29 is 4.74 Å². The van der Waals surface area contributed by atoms with E-state index in [1.807, 2.05) is 54.6 Å². The molecule has 0 amide bonds. The molecule has 0 radical (unpaired) electrons. The van der Waals surface area contributed by atoms with Gasteiger partial charge in [0.1, 0.15) is 0 Å². The van der Waals surface area contributed by atoms with Gasteiger partial charge >= 0.3 is 0 Å². The third-order valence-electron chi connectivity index (χ3n) is 5.55. The van der Waals surface area contributed by atoms with E-state index in [0.717, 1.165) is 12.8 Å². The fourth-order valence-electron chi connectivity index (χ4n) is 3.55. The molecule has 0 saturated carbocycles. The Morgan fingerprint density at radius 2 is 0.639 bits per heavy atom. The van der Waals surface area contributed by atoms with Crippen molar-refractivity contribution in [2.24, 2.45) is 0 Å². The second kappa shape index (κ2) is 16.6. The minimum Gasteiger partial charge on any atom is -0.372 e. The van der Waals surface area contributed by atoms with Crippen LogP contribution in [0.3, 0.4) is 0 Å². The van der Waals surface area contributed by atoms with Gasteiger partial charge in [-0.25, -0.2) is 0 Å². The molecule has 0 N–H and O–H groups in total. The summed E-state index contributed by atoms with van der Waals surface area (Å²) in [7, 11) is 0. The minimum atomic E-state index is 0.676. The van der Waals surface area contributed by atoms with Crippen molar-refractivity contribution in [3.05, 3.63) is 179 Å². The molecular formula is C35H36O. The van der Waals surface area contributed by atoms with Crippen molar-refractivity contribution in [1.29, 1.82) is 0 Å². The maximum Gasteiger partial charge on any atom is 0.0721 e. The summed E-state index contributed by atoms with van der Waals surface area (Å²) in [5, 5.41) is 0. The van der Waals surface area contributed by atoms with Crippen molar-refractivity contribution in [3.8, 4) is 0 Å². The molecule has 1 heteroatoms. The molecule has 0 aliphatic carbocycles. The maximum absolute atomic E-state index is 5.61. The van der Waals surface area contributed by atoms with Gasteiger partial charge in [0.25, 0.3) is 0 Å². The molecule has 0 bridgehead atoms. The smallest absolute Gasteiger partial charge is 0.0721 e. The number of benzene rings is 5. The number of hydrogen-bond donors (Lipinski definition) is 0. The van der Waals surface area contributed by atoms with Crippen molar-refractivity contribution >= 4 is 0 Å². The molecule has 36 heavy (non-hydrogen) atoms. The quantitative estimate of drug-likeness (QED) is 0.230. The molecule has 0 aliphatic rings. The normalized spacial score (nSPS) is 9.81. The second-order valence-corrected chi connectivity index (χ2v) is 8.59. The lowest BCUT2D eigenvalue weighted by Gasteiger charge is -2.03. The standard InChI is InChI=1S/C14H14O.C14H14.C7H8/c1-3-7-13(8-4-1)11-15-12-14-9-5-2-6-10-14;1-3-7-13(8-4-1)11-12-14-9-5-2-6-10-14;1-7-5-3-2-4-6-7/h1-10H,11-12H2;1-10H,11-12H2;2-6H,1H3. The van der Waals surface area contributed by atoms with Gasteiger partial charge in [-0.3, -0.25) is 0 Å². The predicted octanol–water partition coefficient (Wildman–Crippen LogP) is 8.87. The van der Waals surface area contributed by atoms with E-state index in [9.17, 15) is 0 Å². The van der Waals surface area contributed by atoms with Crippen LogP contribution >= 0.6 is 0 Å². The molecule has 0 fully saturated rings. The van der Waals surface area contributed by atoms with Crippen LogP contribution in [0.1, 0.15) is 27.8 Å². The zero-order valence-electron chi connectivity index (χ0n) is 21.2. The van der Waals surface area contributed by atoms with Crippen LogP contribution in [-0.4, -0.2) is 0 Å². The van der Waals surface area contributed by atoms with Crippen LogP contribution in [0, 0.1) is 6.92 Å².